The summed E-state index contributed by atoms with van der Waals surface area (Å²) >= 11 is 1.69. The molecule has 0 spiro atoms. The molecule has 0 amide bonds. The molecule has 1 saturated heterocycles. The van der Waals surface area contributed by atoms with Gasteiger partial charge in [0.1, 0.15) is 0 Å². The van der Waals surface area contributed by atoms with Crippen LogP contribution in [0, 0.1) is 5.92 Å². The highest BCUT2D eigenvalue weighted by atomic mass is 32.1. The van der Waals surface area contributed by atoms with Gasteiger partial charge in [-0.2, -0.15) is 0 Å². The van der Waals surface area contributed by atoms with E-state index < -0.39 is 0 Å². The lowest BCUT2D eigenvalue weighted by Crippen LogP contribution is -2.35. The summed E-state index contributed by atoms with van der Waals surface area (Å²) in [5.74, 6) is 1.70. The average molecular weight is 305 g/mol. The van der Waals surface area contributed by atoms with Crippen LogP contribution < -0.4 is 5.32 Å². The van der Waals surface area contributed by atoms with E-state index >= 15 is 0 Å². The van der Waals surface area contributed by atoms with Gasteiger partial charge in [0.2, 0.25) is 0 Å². The molecule has 5 heteroatoms. The lowest BCUT2D eigenvalue weighted by molar-refractivity contribution is 0.202. The minimum absolute atomic E-state index is 0.815. The van der Waals surface area contributed by atoms with Gasteiger partial charge >= 0.3 is 0 Å². The van der Waals surface area contributed by atoms with Crippen molar-refractivity contribution in [2.24, 2.45) is 5.92 Å². The molecule has 4 nitrogen and oxygen atoms in total. The number of aromatic nitrogens is 1. The number of thiophene rings is 1. The van der Waals surface area contributed by atoms with Gasteiger partial charge in [-0.25, -0.2) is 0 Å². The SMILES string of the molecule is CCN(Cc1cc(-c2cccs2)on1)CC1CCNCC1. The Morgan fingerprint density at radius 3 is 3.00 bits per heavy atom. The number of nitrogens with zero attached hydrogens (tertiary/aromatic N) is 2. The van der Waals surface area contributed by atoms with Crippen LogP contribution in [0.4, 0.5) is 0 Å². The van der Waals surface area contributed by atoms with Gasteiger partial charge in [0, 0.05) is 19.2 Å². The van der Waals surface area contributed by atoms with E-state index in [9.17, 15) is 0 Å². The Morgan fingerprint density at radius 2 is 2.29 bits per heavy atom. The van der Waals surface area contributed by atoms with Crippen LogP contribution in [0.25, 0.3) is 10.6 Å². The highest BCUT2D eigenvalue weighted by Crippen LogP contribution is 2.25. The fraction of sp³-hybridized carbons (Fsp3) is 0.562. The lowest BCUT2D eigenvalue weighted by atomic mass is 9.97. The van der Waals surface area contributed by atoms with E-state index in [1.165, 1.54) is 19.4 Å². The second-order valence-electron chi connectivity index (χ2n) is 5.68. The standard InChI is InChI=1S/C16H23N3OS/c1-2-19(11-13-5-7-17-8-6-13)12-14-10-15(20-18-14)16-4-3-9-21-16/h3-4,9-10,13,17H,2,5-8,11-12H2,1H3. The summed E-state index contributed by atoms with van der Waals surface area (Å²) in [5, 5.41) is 9.72. The van der Waals surface area contributed by atoms with E-state index in [2.05, 4.69) is 39.8 Å². The van der Waals surface area contributed by atoms with Crippen molar-refractivity contribution >= 4 is 11.3 Å². The van der Waals surface area contributed by atoms with E-state index in [1.807, 2.05) is 6.07 Å². The smallest absolute Gasteiger partial charge is 0.177 e. The molecular weight excluding hydrogens is 282 g/mol. The molecule has 0 aromatic carbocycles. The zero-order chi connectivity index (χ0) is 14.5. The van der Waals surface area contributed by atoms with Gasteiger partial charge < -0.3 is 9.84 Å². The summed E-state index contributed by atoms with van der Waals surface area (Å²) in [5.41, 5.74) is 1.04. The Balaban J connectivity index is 1.58. The molecule has 0 unspecified atom stereocenters. The summed E-state index contributed by atoms with van der Waals surface area (Å²) in [4.78, 5) is 3.63. The second kappa shape index (κ2) is 7.20. The Hall–Kier alpha value is -1.17. The first-order valence-corrected chi connectivity index (χ1v) is 8.65. The highest BCUT2D eigenvalue weighted by Gasteiger charge is 2.17. The Morgan fingerprint density at radius 1 is 1.43 bits per heavy atom. The first kappa shape index (κ1) is 14.8. The van der Waals surface area contributed by atoms with Crippen molar-refractivity contribution < 1.29 is 4.52 Å². The normalized spacial score (nSPS) is 16.7. The Labute approximate surface area is 130 Å². The zero-order valence-electron chi connectivity index (χ0n) is 12.5. The van der Waals surface area contributed by atoms with Crippen LogP contribution in [0.1, 0.15) is 25.5 Å². The molecule has 0 aliphatic carbocycles. The third kappa shape index (κ3) is 3.93. The molecule has 1 fully saturated rings. The van der Waals surface area contributed by atoms with Crippen molar-refractivity contribution in [3.8, 4) is 10.6 Å². The quantitative estimate of drug-likeness (QED) is 0.889. The van der Waals surface area contributed by atoms with Crippen LogP contribution in [-0.4, -0.2) is 36.2 Å². The van der Waals surface area contributed by atoms with Crippen molar-refractivity contribution in [2.45, 2.75) is 26.3 Å². The maximum absolute atomic E-state index is 5.47. The molecule has 2 aromatic rings. The molecule has 1 aliphatic rings. The molecule has 114 valence electrons. The van der Waals surface area contributed by atoms with Crippen LogP contribution in [0.2, 0.25) is 0 Å². The fourth-order valence-corrected chi connectivity index (χ4v) is 3.56. The molecule has 0 bridgehead atoms. The van der Waals surface area contributed by atoms with Crippen molar-refractivity contribution in [2.75, 3.05) is 26.2 Å². The number of rotatable bonds is 6. The van der Waals surface area contributed by atoms with Crippen LogP contribution in [0.15, 0.2) is 28.1 Å². The van der Waals surface area contributed by atoms with Gasteiger partial charge in [0.15, 0.2) is 5.76 Å². The van der Waals surface area contributed by atoms with Gasteiger partial charge in [-0.15, -0.1) is 11.3 Å². The molecule has 3 heterocycles. The largest absolute Gasteiger partial charge is 0.355 e. The average Bonchev–Trinajstić information content (AvgIpc) is 3.18. The van der Waals surface area contributed by atoms with E-state index in [0.29, 0.717) is 0 Å². The maximum Gasteiger partial charge on any atom is 0.177 e. The molecule has 1 N–H and O–H groups in total. The molecule has 1 aliphatic heterocycles. The van der Waals surface area contributed by atoms with Gasteiger partial charge in [0.25, 0.3) is 0 Å². The molecular formula is C16H23N3OS. The summed E-state index contributed by atoms with van der Waals surface area (Å²) in [6.07, 6.45) is 2.57. The summed E-state index contributed by atoms with van der Waals surface area (Å²) in [6.45, 7) is 7.66. The first-order chi connectivity index (χ1) is 10.3. The van der Waals surface area contributed by atoms with E-state index in [1.54, 1.807) is 11.3 Å². The van der Waals surface area contributed by atoms with Crippen LogP contribution >= 0.6 is 11.3 Å². The van der Waals surface area contributed by atoms with Crippen molar-refractivity contribution in [1.82, 2.24) is 15.4 Å². The first-order valence-electron chi connectivity index (χ1n) is 7.77. The number of nitrogens with one attached hydrogen (secondary N) is 1. The van der Waals surface area contributed by atoms with Crippen LogP contribution in [-0.2, 0) is 6.54 Å². The van der Waals surface area contributed by atoms with Gasteiger partial charge in [-0.1, -0.05) is 18.1 Å². The minimum atomic E-state index is 0.815. The maximum atomic E-state index is 5.47. The summed E-state index contributed by atoms with van der Waals surface area (Å²) in [7, 11) is 0. The highest BCUT2D eigenvalue weighted by molar-refractivity contribution is 7.13. The number of piperidine rings is 1. The number of hydrogen-bond acceptors (Lipinski definition) is 5. The Kier molecular flexibility index (Phi) is 5.06. The summed E-state index contributed by atoms with van der Waals surface area (Å²) in [6, 6.07) is 6.19. The van der Waals surface area contributed by atoms with Crippen LogP contribution in [0.3, 0.4) is 0 Å². The molecule has 21 heavy (non-hydrogen) atoms. The van der Waals surface area contributed by atoms with Crippen molar-refractivity contribution in [3.63, 3.8) is 0 Å². The van der Waals surface area contributed by atoms with E-state index in [-0.39, 0.29) is 0 Å². The fourth-order valence-electron chi connectivity index (χ4n) is 2.89. The molecule has 0 saturated carbocycles. The predicted octanol–water partition coefficient (Wildman–Crippen LogP) is 3.22. The third-order valence-corrected chi connectivity index (χ3v) is 5.02. The molecule has 3 rings (SSSR count). The predicted molar refractivity (Wildman–Crippen MR) is 86.4 cm³/mol. The molecule has 0 radical (unpaired) electrons. The molecule has 2 aromatic heterocycles. The van der Waals surface area contributed by atoms with E-state index in [0.717, 1.165) is 48.4 Å². The van der Waals surface area contributed by atoms with E-state index in [4.69, 9.17) is 4.52 Å². The Bertz CT molecular complexity index is 531. The van der Waals surface area contributed by atoms with Crippen LogP contribution in [0.5, 0.6) is 0 Å². The second-order valence-corrected chi connectivity index (χ2v) is 6.63. The lowest BCUT2D eigenvalue weighted by Gasteiger charge is -2.28. The van der Waals surface area contributed by atoms with Gasteiger partial charge in [-0.05, 0) is 49.8 Å². The molecule has 0 atom stereocenters. The van der Waals surface area contributed by atoms with Gasteiger partial charge in [-0.3, -0.25) is 4.90 Å². The zero-order valence-corrected chi connectivity index (χ0v) is 13.4. The monoisotopic (exact) mass is 305 g/mol. The third-order valence-electron chi connectivity index (χ3n) is 4.13. The van der Waals surface area contributed by atoms with Gasteiger partial charge in [0.05, 0.1) is 10.6 Å². The van der Waals surface area contributed by atoms with Crippen molar-refractivity contribution in [3.05, 3.63) is 29.3 Å². The minimum Gasteiger partial charge on any atom is -0.355 e. The summed E-state index contributed by atoms with van der Waals surface area (Å²) < 4.78 is 5.47. The van der Waals surface area contributed by atoms with Crippen molar-refractivity contribution in [1.29, 1.82) is 0 Å². The topological polar surface area (TPSA) is 41.3 Å². The number of hydrogen-bond donors (Lipinski definition) is 1.